The van der Waals surface area contributed by atoms with Crippen molar-refractivity contribution in [1.29, 1.82) is 0 Å². The van der Waals surface area contributed by atoms with Crippen molar-refractivity contribution in [1.82, 2.24) is 9.78 Å². The lowest BCUT2D eigenvalue weighted by molar-refractivity contribution is -0.112. The van der Waals surface area contributed by atoms with E-state index in [4.69, 9.17) is 0 Å². The number of anilines is 1. The van der Waals surface area contributed by atoms with Gasteiger partial charge >= 0.3 is 0 Å². The summed E-state index contributed by atoms with van der Waals surface area (Å²) >= 11 is 0. The molecule has 0 radical (unpaired) electrons. The molecule has 0 aliphatic carbocycles. The van der Waals surface area contributed by atoms with Gasteiger partial charge in [0, 0.05) is 0 Å². The first-order valence-corrected chi connectivity index (χ1v) is 7.92. The summed E-state index contributed by atoms with van der Waals surface area (Å²) in [6.45, 7) is 3.18. The molecule has 8 heteroatoms. The predicted octanol–water partition coefficient (Wildman–Crippen LogP) is 3.73. The van der Waals surface area contributed by atoms with Gasteiger partial charge in [0.1, 0.15) is 0 Å². The van der Waals surface area contributed by atoms with Crippen molar-refractivity contribution in [2.45, 2.75) is 13.8 Å². The number of rotatable bonds is 4. The molecule has 138 valence electrons. The third kappa shape index (κ3) is 3.33. The number of carbonyl (C=O) groups is 2. The minimum Gasteiger partial charge on any atom is -0.316 e. The Bertz CT molecular complexity index is 1050. The van der Waals surface area contributed by atoms with Crippen LogP contribution >= 0.6 is 0 Å². The summed E-state index contributed by atoms with van der Waals surface area (Å²) in [5.74, 6) is -6.85. The molecule has 1 aromatic heterocycles. The number of halogens is 3. The smallest absolute Gasteiger partial charge is 0.296 e. The molecular weight excluding hydrogens is 359 g/mol. The number of benzene rings is 2. The van der Waals surface area contributed by atoms with Crippen molar-refractivity contribution in [2.75, 3.05) is 5.32 Å². The molecule has 0 saturated heterocycles. The first-order valence-electron chi connectivity index (χ1n) is 7.92. The molecule has 1 N–H and O–H groups in total. The highest BCUT2D eigenvalue weighted by Crippen LogP contribution is 2.22. The van der Waals surface area contributed by atoms with E-state index in [1.165, 1.54) is 4.68 Å². The van der Waals surface area contributed by atoms with E-state index >= 15 is 0 Å². The number of nitrogens with one attached hydrogen (secondary N) is 1. The summed E-state index contributed by atoms with van der Waals surface area (Å²) in [4.78, 5) is 24.8. The number of Topliss-reactive ketones (excluding diaryl/α,β-unsaturated/α-hetero) is 1. The topological polar surface area (TPSA) is 64.0 Å². The number of nitrogens with zero attached hydrogens (tertiary/aromatic N) is 2. The van der Waals surface area contributed by atoms with Gasteiger partial charge in [-0.15, -0.1) is 0 Å². The molecule has 0 unspecified atom stereocenters. The molecule has 0 aliphatic rings. The molecule has 2 aromatic carbocycles. The highest BCUT2D eigenvalue weighted by atomic mass is 19.2. The van der Waals surface area contributed by atoms with E-state index in [0.717, 1.165) is 6.07 Å². The van der Waals surface area contributed by atoms with Crippen molar-refractivity contribution >= 4 is 17.4 Å². The monoisotopic (exact) mass is 373 g/mol. The standard InChI is InChI=1S/C19H14F3N3O2/c1-10-15(11(2)25(24-10)12-6-4-3-5-7-12)18(26)19(27)23-14-9-8-13(20)16(21)17(14)22/h3-9H,1-2H3,(H,23,27). The summed E-state index contributed by atoms with van der Waals surface area (Å²) in [6, 6.07) is 10.5. The lowest BCUT2D eigenvalue weighted by Gasteiger charge is -2.07. The number of hydrogen-bond donors (Lipinski definition) is 1. The van der Waals surface area contributed by atoms with Gasteiger partial charge in [-0.1, -0.05) is 18.2 Å². The largest absolute Gasteiger partial charge is 0.316 e. The molecule has 0 spiro atoms. The zero-order chi connectivity index (χ0) is 19.7. The summed E-state index contributed by atoms with van der Waals surface area (Å²) in [5.41, 5.74) is 0.855. The van der Waals surface area contributed by atoms with Gasteiger partial charge in [-0.3, -0.25) is 9.59 Å². The van der Waals surface area contributed by atoms with Gasteiger partial charge in [-0.2, -0.15) is 5.10 Å². The number of ketones is 1. The van der Waals surface area contributed by atoms with Crippen LogP contribution in [0.1, 0.15) is 21.7 Å². The Balaban J connectivity index is 1.91. The van der Waals surface area contributed by atoms with Crippen LogP contribution in [0, 0.1) is 31.3 Å². The Kier molecular flexibility index (Phi) is 4.81. The Morgan fingerprint density at radius 2 is 1.63 bits per heavy atom. The third-order valence-corrected chi connectivity index (χ3v) is 4.01. The lowest BCUT2D eigenvalue weighted by atomic mass is 10.1. The van der Waals surface area contributed by atoms with Gasteiger partial charge in [-0.05, 0) is 38.1 Å². The van der Waals surface area contributed by atoms with Crippen molar-refractivity contribution in [3.63, 3.8) is 0 Å². The molecule has 1 heterocycles. The second kappa shape index (κ2) is 7.06. The first-order chi connectivity index (χ1) is 12.8. The van der Waals surface area contributed by atoms with Gasteiger partial charge in [0.05, 0.1) is 28.3 Å². The van der Waals surface area contributed by atoms with Crippen LogP contribution in [0.5, 0.6) is 0 Å². The zero-order valence-corrected chi connectivity index (χ0v) is 14.4. The van der Waals surface area contributed by atoms with E-state index in [-0.39, 0.29) is 5.56 Å². The summed E-state index contributed by atoms with van der Waals surface area (Å²) < 4.78 is 41.5. The molecule has 0 bridgehead atoms. The molecular formula is C19H14F3N3O2. The van der Waals surface area contributed by atoms with E-state index in [2.05, 4.69) is 5.10 Å². The second-order valence-electron chi connectivity index (χ2n) is 5.80. The van der Waals surface area contributed by atoms with Crippen molar-refractivity contribution < 1.29 is 22.8 Å². The fourth-order valence-electron chi connectivity index (χ4n) is 2.71. The molecule has 0 saturated carbocycles. The molecule has 0 atom stereocenters. The quantitative estimate of drug-likeness (QED) is 0.431. The SMILES string of the molecule is Cc1nn(-c2ccccc2)c(C)c1C(=O)C(=O)Nc1ccc(F)c(F)c1F. The van der Waals surface area contributed by atoms with Crippen LogP contribution in [-0.4, -0.2) is 21.5 Å². The Hall–Kier alpha value is -3.42. The fraction of sp³-hybridized carbons (Fsp3) is 0.105. The highest BCUT2D eigenvalue weighted by molar-refractivity contribution is 6.47. The molecule has 3 aromatic rings. The molecule has 27 heavy (non-hydrogen) atoms. The first kappa shape index (κ1) is 18.4. The third-order valence-electron chi connectivity index (χ3n) is 4.01. The summed E-state index contributed by atoms with van der Waals surface area (Å²) in [7, 11) is 0. The van der Waals surface area contributed by atoms with Gasteiger partial charge < -0.3 is 5.32 Å². The van der Waals surface area contributed by atoms with E-state index in [0.29, 0.717) is 23.1 Å². The van der Waals surface area contributed by atoms with Crippen molar-refractivity contribution in [2.24, 2.45) is 0 Å². The lowest BCUT2D eigenvalue weighted by Crippen LogP contribution is -2.24. The minimum atomic E-state index is -1.73. The maximum absolute atomic E-state index is 13.7. The predicted molar refractivity (Wildman–Crippen MR) is 92.3 cm³/mol. The Morgan fingerprint density at radius 3 is 2.30 bits per heavy atom. The Morgan fingerprint density at radius 1 is 0.963 bits per heavy atom. The van der Waals surface area contributed by atoms with Crippen LogP contribution in [0.2, 0.25) is 0 Å². The molecule has 1 amide bonds. The summed E-state index contributed by atoms with van der Waals surface area (Å²) in [5, 5.41) is 6.24. The fourth-order valence-corrected chi connectivity index (χ4v) is 2.71. The van der Waals surface area contributed by atoms with Gasteiger partial charge in [0.2, 0.25) is 0 Å². The van der Waals surface area contributed by atoms with Gasteiger partial charge in [-0.25, -0.2) is 17.9 Å². The van der Waals surface area contributed by atoms with Crippen LogP contribution in [0.3, 0.4) is 0 Å². The number of carbonyl (C=O) groups excluding carboxylic acids is 2. The van der Waals surface area contributed by atoms with Crippen molar-refractivity contribution in [3.8, 4) is 5.69 Å². The van der Waals surface area contributed by atoms with E-state index in [1.54, 1.807) is 38.1 Å². The number of para-hydroxylation sites is 1. The molecule has 3 rings (SSSR count). The number of hydrogen-bond acceptors (Lipinski definition) is 3. The van der Waals surface area contributed by atoms with E-state index in [1.807, 2.05) is 11.4 Å². The van der Waals surface area contributed by atoms with E-state index in [9.17, 15) is 22.8 Å². The second-order valence-corrected chi connectivity index (χ2v) is 5.80. The van der Waals surface area contributed by atoms with Gasteiger partial charge in [0.25, 0.3) is 11.7 Å². The number of aromatic nitrogens is 2. The average Bonchev–Trinajstić information content (AvgIpc) is 2.96. The molecule has 0 aliphatic heterocycles. The van der Waals surface area contributed by atoms with Crippen LogP contribution in [-0.2, 0) is 4.79 Å². The number of aryl methyl sites for hydroxylation is 1. The van der Waals surface area contributed by atoms with E-state index < -0.39 is 34.8 Å². The van der Waals surface area contributed by atoms with Crippen LogP contribution in [0.25, 0.3) is 5.69 Å². The van der Waals surface area contributed by atoms with Crippen LogP contribution in [0.15, 0.2) is 42.5 Å². The zero-order valence-electron chi connectivity index (χ0n) is 14.4. The number of amides is 1. The maximum Gasteiger partial charge on any atom is 0.296 e. The highest BCUT2D eigenvalue weighted by Gasteiger charge is 2.26. The molecule has 5 nitrogen and oxygen atoms in total. The maximum atomic E-state index is 13.7. The minimum absolute atomic E-state index is 0.0549. The summed E-state index contributed by atoms with van der Waals surface area (Å²) in [6.07, 6.45) is 0. The average molecular weight is 373 g/mol. The molecule has 0 fully saturated rings. The Labute approximate surface area is 152 Å². The van der Waals surface area contributed by atoms with Crippen molar-refractivity contribution in [3.05, 3.63) is 76.9 Å². The van der Waals surface area contributed by atoms with Crippen LogP contribution in [0.4, 0.5) is 18.9 Å². The van der Waals surface area contributed by atoms with Gasteiger partial charge in [0.15, 0.2) is 17.5 Å². The normalized spacial score (nSPS) is 10.7. The van der Waals surface area contributed by atoms with Crippen LogP contribution < -0.4 is 5.32 Å².